The fraction of sp³-hybridized carbons (Fsp3) is 0.407. The summed E-state index contributed by atoms with van der Waals surface area (Å²) in [7, 11) is 1.78. The summed E-state index contributed by atoms with van der Waals surface area (Å²) in [6.07, 6.45) is 4.22. The summed E-state index contributed by atoms with van der Waals surface area (Å²) in [5, 5.41) is 4.69. The molecular weight excluding hydrogens is 494 g/mol. The van der Waals surface area contributed by atoms with Crippen LogP contribution in [-0.2, 0) is 27.4 Å². The van der Waals surface area contributed by atoms with Gasteiger partial charge in [0.05, 0.1) is 19.6 Å². The van der Waals surface area contributed by atoms with Crippen LogP contribution >= 0.6 is 11.6 Å². The molecule has 1 unspecified atom stereocenters. The first-order valence-corrected chi connectivity index (χ1v) is 12.7. The number of benzene rings is 2. The zero-order chi connectivity index (χ0) is 26.1. The number of ether oxygens (including phenoxy) is 2. The van der Waals surface area contributed by atoms with Crippen molar-refractivity contribution in [2.45, 2.75) is 38.0 Å². The summed E-state index contributed by atoms with van der Waals surface area (Å²) >= 11 is 6.00. The van der Waals surface area contributed by atoms with Gasteiger partial charge in [-0.25, -0.2) is 4.98 Å². The van der Waals surface area contributed by atoms with Crippen molar-refractivity contribution in [2.24, 2.45) is 0 Å². The maximum atomic E-state index is 13.3. The lowest BCUT2D eigenvalue weighted by atomic mass is 9.96. The predicted octanol–water partition coefficient (Wildman–Crippen LogP) is 3.44. The van der Waals surface area contributed by atoms with Crippen molar-refractivity contribution >= 4 is 23.4 Å². The number of aromatic nitrogens is 3. The molecule has 2 amide bonds. The molecule has 0 saturated carbocycles. The Bertz CT molecular complexity index is 1140. The highest BCUT2D eigenvalue weighted by Crippen LogP contribution is 2.27. The number of hydrogen-bond donors (Lipinski definition) is 0. The monoisotopic (exact) mass is 525 g/mol. The van der Waals surface area contributed by atoms with E-state index < -0.39 is 5.60 Å². The lowest BCUT2D eigenvalue weighted by Crippen LogP contribution is -2.58. The molecule has 9 nitrogen and oxygen atoms in total. The number of halogens is 1. The molecule has 37 heavy (non-hydrogen) atoms. The van der Waals surface area contributed by atoms with Gasteiger partial charge in [0.25, 0.3) is 0 Å². The molecule has 1 atom stereocenters. The highest BCUT2D eigenvalue weighted by atomic mass is 35.5. The fourth-order valence-corrected chi connectivity index (χ4v) is 4.43. The molecule has 2 heterocycles. The second-order valence-electron chi connectivity index (χ2n) is 9.26. The maximum absolute atomic E-state index is 13.3. The van der Waals surface area contributed by atoms with Gasteiger partial charge in [-0.1, -0.05) is 41.9 Å². The Morgan fingerprint density at radius 3 is 2.68 bits per heavy atom. The third kappa shape index (κ3) is 7.77. The van der Waals surface area contributed by atoms with Crippen LogP contribution in [0.25, 0.3) is 0 Å². The SMILES string of the molecule is CN(Cc1ccccc1)C(=O)CC1(COc2ccc(Cl)cc2)CN(C(=O)CCCn2cncn2)CCO1. The quantitative estimate of drug-likeness (QED) is 0.381. The lowest BCUT2D eigenvalue weighted by molar-refractivity contribution is -0.165. The van der Waals surface area contributed by atoms with Crippen molar-refractivity contribution in [2.75, 3.05) is 33.4 Å². The number of aryl methyl sites for hydroxylation is 1. The molecule has 196 valence electrons. The van der Waals surface area contributed by atoms with Crippen molar-refractivity contribution < 1.29 is 19.1 Å². The number of morpholine rings is 1. The van der Waals surface area contributed by atoms with Crippen molar-refractivity contribution in [1.29, 1.82) is 0 Å². The Kier molecular flexibility index (Phi) is 9.14. The van der Waals surface area contributed by atoms with Gasteiger partial charge in [0.15, 0.2) is 0 Å². The van der Waals surface area contributed by atoms with Crippen LogP contribution in [0.1, 0.15) is 24.8 Å². The van der Waals surface area contributed by atoms with Crippen molar-refractivity contribution in [3.05, 3.63) is 77.8 Å². The first-order chi connectivity index (χ1) is 17.9. The van der Waals surface area contributed by atoms with Crippen molar-refractivity contribution in [1.82, 2.24) is 24.6 Å². The third-order valence-electron chi connectivity index (χ3n) is 6.32. The predicted molar refractivity (Wildman–Crippen MR) is 139 cm³/mol. The largest absolute Gasteiger partial charge is 0.490 e. The summed E-state index contributed by atoms with van der Waals surface area (Å²) in [6, 6.07) is 16.9. The molecule has 4 rings (SSSR count). The Labute approximate surface area is 221 Å². The molecule has 0 aliphatic carbocycles. The highest BCUT2D eigenvalue weighted by Gasteiger charge is 2.42. The number of rotatable bonds is 11. The van der Waals surface area contributed by atoms with E-state index in [1.165, 1.54) is 6.33 Å². The van der Waals surface area contributed by atoms with Crippen LogP contribution in [0.5, 0.6) is 5.75 Å². The van der Waals surface area contributed by atoms with Gasteiger partial charge in [-0.15, -0.1) is 0 Å². The summed E-state index contributed by atoms with van der Waals surface area (Å²) in [4.78, 5) is 33.8. The van der Waals surface area contributed by atoms with Gasteiger partial charge in [0.1, 0.15) is 30.6 Å². The van der Waals surface area contributed by atoms with E-state index in [0.717, 1.165) is 5.56 Å². The summed E-state index contributed by atoms with van der Waals surface area (Å²) in [5.74, 6) is 0.558. The zero-order valence-corrected chi connectivity index (χ0v) is 21.7. The smallest absolute Gasteiger partial charge is 0.225 e. The molecule has 0 radical (unpaired) electrons. The van der Waals surface area contributed by atoms with Gasteiger partial charge in [0, 0.05) is 38.1 Å². The van der Waals surface area contributed by atoms with E-state index in [9.17, 15) is 9.59 Å². The number of hydrogen-bond acceptors (Lipinski definition) is 6. The minimum atomic E-state index is -0.971. The zero-order valence-electron chi connectivity index (χ0n) is 21.0. The average molecular weight is 526 g/mol. The van der Waals surface area contributed by atoms with E-state index in [1.807, 2.05) is 30.3 Å². The van der Waals surface area contributed by atoms with Crippen molar-refractivity contribution in [3.8, 4) is 5.75 Å². The third-order valence-corrected chi connectivity index (χ3v) is 6.57. The molecule has 1 aromatic heterocycles. The van der Waals surface area contributed by atoms with Gasteiger partial charge >= 0.3 is 0 Å². The van der Waals surface area contributed by atoms with Gasteiger partial charge < -0.3 is 19.3 Å². The minimum absolute atomic E-state index is 0.0179. The molecule has 0 N–H and O–H groups in total. The summed E-state index contributed by atoms with van der Waals surface area (Å²) in [5.41, 5.74) is 0.0696. The molecule has 1 aliphatic heterocycles. The van der Waals surface area contributed by atoms with Crippen LogP contribution in [0.15, 0.2) is 67.3 Å². The van der Waals surface area contributed by atoms with E-state index in [0.29, 0.717) is 49.9 Å². The number of nitrogens with zero attached hydrogens (tertiary/aromatic N) is 5. The standard InChI is InChI=1S/C27H32ClN5O4/c1-31(17-22-6-3-2-4-7-22)26(35)16-27(19-36-24-11-9-23(28)10-12-24)18-32(14-15-37-27)25(34)8-5-13-33-21-29-20-30-33/h2-4,6-7,9-12,20-21H,5,8,13-19H2,1H3. The van der Waals surface area contributed by atoms with Gasteiger partial charge in [0.2, 0.25) is 11.8 Å². The highest BCUT2D eigenvalue weighted by molar-refractivity contribution is 6.30. The molecule has 10 heteroatoms. The van der Waals surface area contributed by atoms with Crippen LogP contribution in [-0.4, -0.2) is 75.3 Å². The summed E-state index contributed by atoms with van der Waals surface area (Å²) < 4.78 is 14.0. The number of carbonyl (C=O) groups is 2. The van der Waals surface area contributed by atoms with Crippen LogP contribution < -0.4 is 4.74 Å². The molecule has 1 fully saturated rings. The summed E-state index contributed by atoms with van der Waals surface area (Å²) in [6.45, 7) is 2.30. The van der Waals surface area contributed by atoms with E-state index >= 15 is 0 Å². The van der Waals surface area contributed by atoms with Gasteiger partial charge in [-0.2, -0.15) is 5.10 Å². The number of carbonyl (C=O) groups excluding carboxylic acids is 2. The Balaban J connectivity index is 1.42. The molecular formula is C27H32ClN5O4. The molecule has 1 saturated heterocycles. The topological polar surface area (TPSA) is 89.8 Å². The van der Waals surface area contributed by atoms with Gasteiger partial charge in [-0.3, -0.25) is 14.3 Å². The van der Waals surface area contributed by atoms with E-state index in [1.54, 1.807) is 52.1 Å². The molecule has 3 aromatic rings. The maximum Gasteiger partial charge on any atom is 0.225 e. The van der Waals surface area contributed by atoms with E-state index in [4.69, 9.17) is 21.1 Å². The Morgan fingerprint density at radius 1 is 1.16 bits per heavy atom. The van der Waals surface area contributed by atoms with Crippen LogP contribution in [0, 0.1) is 0 Å². The molecule has 1 aliphatic rings. The van der Waals surface area contributed by atoms with Gasteiger partial charge in [-0.05, 0) is 36.2 Å². The van der Waals surface area contributed by atoms with E-state index in [-0.39, 0.29) is 31.4 Å². The second kappa shape index (κ2) is 12.7. The number of amides is 2. The second-order valence-corrected chi connectivity index (χ2v) is 9.70. The first kappa shape index (κ1) is 26.6. The van der Waals surface area contributed by atoms with E-state index in [2.05, 4.69) is 10.1 Å². The fourth-order valence-electron chi connectivity index (χ4n) is 4.30. The molecule has 0 spiro atoms. The first-order valence-electron chi connectivity index (χ1n) is 12.3. The van der Waals surface area contributed by atoms with Crippen LogP contribution in [0.4, 0.5) is 0 Å². The van der Waals surface area contributed by atoms with Crippen molar-refractivity contribution in [3.63, 3.8) is 0 Å². The normalized spacial score (nSPS) is 17.4. The Hall–Kier alpha value is -3.43. The Morgan fingerprint density at radius 2 is 1.95 bits per heavy atom. The molecule has 0 bridgehead atoms. The van der Waals surface area contributed by atoms with Crippen LogP contribution in [0.3, 0.4) is 0 Å². The minimum Gasteiger partial charge on any atom is -0.490 e. The average Bonchev–Trinajstić information content (AvgIpc) is 3.43. The van der Waals surface area contributed by atoms with Crippen LogP contribution in [0.2, 0.25) is 5.02 Å². The lowest BCUT2D eigenvalue weighted by Gasteiger charge is -2.42. The molecule has 2 aromatic carbocycles.